The Morgan fingerprint density at radius 2 is 1.53 bits per heavy atom. The molecule has 1 heteroatoms. The minimum absolute atomic E-state index is 0.490. The lowest BCUT2D eigenvalue weighted by Crippen LogP contribution is -2.42. The standard InChI is InChI=1S/C18H26O/c19-18(16-11-5-2-6-12-16)14-8-7-13-17(18)15-9-3-1-4-10-15/h2,5-6,11-12,15,17,19H,1,3-4,7-10,13-14H2. The summed E-state index contributed by atoms with van der Waals surface area (Å²) in [6.07, 6.45) is 11.4. The largest absolute Gasteiger partial charge is 0.385 e. The highest BCUT2D eigenvalue weighted by molar-refractivity contribution is 5.24. The smallest absolute Gasteiger partial charge is 0.0927 e. The van der Waals surface area contributed by atoms with Gasteiger partial charge in [0.25, 0.3) is 0 Å². The number of benzene rings is 1. The van der Waals surface area contributed by atoms with Gasteiger partial charge in [0.15, 0.2) is 0 Å². The molecular weight excluding hydrogens is 232 g/mol. The molecule has 2 fully saturated rings. The third-order valence-corrected chi connectivity index (χ3v) is 5.43. The zero-order valence-electron chi connectivity index (χ0n) is 11.9. The summed E-state index contributed by atoms with van der Waals surface area (Å²) in [4.78, 5) is 0. The average molecular weight is 258 g/mol. The summed E-state index contributed by atoms with van der Waals surface area (Å²) in [6.45, 7) is 0. The monoisotopic (exact) mass is 258 g/mol. The minimum Gasteiger partial charge on any atom is -0.385 e. The van der Waals surface area contributed by atoms with Crippen molar-refractivity contribution in [2.75, 3.05) is 0 Å². The first-order chi connectivity index (χ1) is 9.31. The third kappa shape index (κ3) is 2.58. The first-order valence-electron chi connectivity index (χ1n) is 8.08. The Kier molecular flexibility index (Phi) is 3.93. The van der Waals surface area contributed by atoms with Crippen LogP contribution in [0.3, 0.4) is 0 Å². The molecule has 0 heterocycles. The van der Waals surface area contributed by atoms with Gasteiger partial charge in [0.1, 0.15) is 0 Å². The van der Waals surface area contributed by atoms with Gasteiger partial charge in [-0.15, -0.1) is 0 Å². The third-order valence-electron chi connectivity index (χ3n) is 5.43. The van der Waals surface area contributed by atoms with E-state index >= 15 is 0 Å². The van der Waals surface area contributed by atoms with Gasteiger partial charge in [0.05, 0.1) is 5.60 Å². The van der Waals surface area contributed by atoms with Crippen LogP contribution in [-0.4, -0.2) is 5.11 Å². The van der Waals surface area contributed by atoms with E-state index in [1.807, 2.05) is 6.07 Å². The summed E-state index contributed by atoms with van der Waals surface area (Å²) >= 11 is 0. The molecule has 2 saturated carbocycles. The molecule has 3 rings (SSSR count). The maximum atomic E-state index is 11.4. The van der Waals surface area contributed by atoms with E-state index in [1.54, 1.807) is 0 Å². The number of rotatable bonds is 2. The van der Waals surface area contributed by atoms with Crippen LogP contribution in [-0.2, 0) is 5.60 Å². The van der Waals surface area contributed by atoms with Crippen LogP contribution in [0.15, 0.2) is 30.3 Å². The van der Waals surface area contributed by atoms with Crippen molar-refractivity contribution in [2.45, 2.75) is 63.4 Å². The van der Waals surface area contributed by atoms with Crippen LogP contribution < -0.4 is 0 Å². The van der Waals surface area contributed by atoms with Crippen molar-refractivity contribution < 1.29 is 5.11 Å². The molecule has 1 N–H and O–H groups in total. The van der Waals surface area contributed by atoms with E-state index in [2.05, 4.69) is 24.3 Å². The molecule has 0 bridgehead atoms. The van der Waals surface area contributed by atoms with Crippen LogP contribution in [0.4, 0.5) is 0 Å². The van der Waals surface area contributed by atoms with Crippen molar-refractivity contribution in [3.8, 4) is 0 Å². The molecule has 0 spiro atoms. The fraction of sp³-hybridized carbons (Fsp3) is 0.667. The average Bonchev–Trinajstić information content (AvgIpc) is 2.49. The molecule has 1 aromatic rings. The van der Waals surface area contributed by atoms with Crippen molar-refractivity contribution in [1.29, 1.82) is 0 Å². The Bertz CT molecular complexity index is 393. The lowest BCUT2D eigenvalue weighted by molar-refractivity contribution is -0.0835. The van der Waals surface area contributed by atoms with E-state index in [-0.39, 0.29) is 0 Å². The van der Waals surface area contributed by atoms with Crippen LogP contribution in [0.2, 0.25) is 0 Å². The molecule has 1 aromatic carbocycles. The molecule has 0 aliphatic heterocycles. The van der Waals surface area contributed by atoms with Crippen molar-refractivity contribution in [3.05, 3.63) is 35.9 Å². The predicted octanol–water partition coefficient (Wildman–Crippen LogP) is 4.64. The van der Waals surface area contributed by atoms with Crippen LogP contribution in [0.25, 0.3) is 0 Å². The van der Waals surface area contributed by atoms with Gasteiger partial charge in [-0.2, -0.15) is 0 Å². The van der Waals surface area contributed by atoms with Gasteiger partial charge in [0, 0.05) is 0 Å². The quantitative estimate of drug-likeness (QED) is 0.819. The van der Waals surface area contributed by atoms with Gasteiger partial charge < -0.3 is 5.11 Å². The number of aliphatic hydroxyl groups is 1. The van der Waals surface area contributed by atoms with E-state index in [0.29, 0.717) is 5.92 Å². The summed E-state index contributed by atoms with van der Waals surface area (Å²) < 4.78 is 0. The van der Waals surface area contributed by atoms with Crippen molar-refractivity contribution >= 4 is 0 Å². The van der Waals surface area contributed by atoms with E-state index < -0.39 is 5.60 Å². The molecule has 0 amide bonds. The number of hydrogen-bond acceptors (Lipinski definition) is 1. The van der Waals surface area contributed by atoms with E-state index in [4.69, 9.17) is 0 Å². The molecule has 2 aliphatic carbocycles. The molecule has 0 saturated heterocycles. The SMILES string of the molecule is OC1(c2ccccc2)CCCCC1C1CCCCC1. The van der Waals surface area contributed by atoms with E-state index in [0.717, 1.165) is 17.9 Å². The first kappa shape index (κ1) is 13.2. The van der Waals surface area contributed by atoms with Crippen LogP contribution in [0.1, 0.15) is 63.4 Å². The van der Waals surface area contributed by atoms with Gasteiger partial charge in [-0.1, -0.05) is 75.3 Å². The summed E-state index contributed by atoms with van der Waals surface area (Å²) in [6, 6.07) is 10.4. The van der Waals surface area contributed by atoms with Crippen LogP contribution in [0, 0.1) is 11.8 Å². The van der Waals surface area contributed by atoms with Crippen LogP contribution >= 0.6 is 0 Å². The predicted molar refractivity (Wildman–Crippen MR) is 78.9 cm³/mol. The maximum Gasteiger partial charge on any atom is 0.0927 e. The fourth-order valence-corrected chi connectivity index (χ4v) is 4.43. The van der Waals surface area contributed by atoms with Gasteiger partial charge in [0.2, 0.25) is 0 Å². The Balaban J connectivity index is 1.87. The second kappa shape index (κ2) is 5.66. The van der Waals surface area contributed by atoms with Crippen LogP contribution in [0.5, 0.6) is 0 Å². The van der Waals surface area contributed by atoms with Gasteiger partial charge >= 0.3 is 0 Å². The topological polar surface area (TPSA) is 20.2 Å². The van der Waals surface area contributed by atoms with Crippen molar-refractivity contribution in [2.24, 2.45) is 11.8 Å². The summed E-state index contributed by atoms with van der Waals surface area (Å²) in [7, 11) is 0. The Labute approximate surface area is 117 Å². The van der Waals surface area contributed by atoms with Crippen molar-refractivity contribution in [3.63, 3.8) is 0 Å². The second-order valence-corrected chi connectivity index (χ2v) is 6.54. The molecule has 2 unspecified atom stereocenters. The lowest BCUT2D eigenvalue weighted by Gasteiger charge is -2.45. The van der Waals surface area contributed by atoms with E-state index in [1.165, 1.54) is 51.4 Å². The Hall–Kier alpha value is -0.820. The maximum absolute atomic E-state index is 11.4. The first-order valence-corrected chi connectivity index (χ1v) is 8.08. The minimum atomic E-state index is -0.554. The lowest BCUT2D eigenvalue weighted by atomic mass is 9.63. The second-order valence-electron chi connectivity index (χ2n) is 6.54. The van der Waals surface area contributed by atoms with Gasteiger partial charge in [-0.25, -0.2) is 0 Å². The molecular formula is C18H26O. The molecule has 0 radical (unpaired) electrons. The van der Waals surface area contributed by atoms with Crippen molar-refractivity contribution in [1.82, 2.24) is 0 Å². The fourth-order valence-electron chi connectivity index (χ4n) is 4.43. The van der Waals surface area contributed by atoms with Gasteiger partial charge in [-0.3, -0.25) is 0 Å². The Morgan fingerprint density at radius 1 is 0.842 bits per heavy atom. The summed E-state index contributed by atoms with van der Waals surface area (Å²) in [5.74, 6) is 1.24. The summed E-state index contributed by atoms with van der Waals surface area (Å²) in [5.41, 5.74) is 0.604. The zero-order valence-corrected chi connectivity index (χ0v) is 11.9. The summed E-state index contributed by atoms with van der Waals surface area (Å²) in [5, 5.41) is 11.4. The molecule has 1 nitrogen and oxygen atoms in total. The normalized spacial score (nSPS) is 33.2. The molecule has 0 aromatic heterocycles. The van der Waals surface area contributed by atoms with E-state index in [9.17, 15) is 5.11 Å². The molecule has 2 atom stereocenters. The highest BCUT2D eigenvalue weighted by atomic mass is 16.3. The molecule has 2 aliphatic rings. The molecule has 19 heavy (non-hydrogen) atoms. The highest BCUT2D eigenvalue weighted by Gasteiger charge is 2.44. The number of hydrogen-bond donors (Lipinski definition) is 1. The zero-order chi connectivity index (χ0) is 13.1. The molecule has 104 valence electrons. The highest BCUT2D eigenvalue weighted by Crippen LogP contribution is 2.48. The Morgan fingerprint density at radius 3 is 2.26 bits per heavy atom. The van der Waals surface area contributed by atoms with Gasteiger partial charge in [-0.05, 0) is 30.2 Å².